The Balaban J connectivity index is 1.09. The fourth-order valence-electron chi connectivity index (χ4n) is 7.68. The van der Waals surface area contributed by atoms with Gasteiger partial charge in [0, 0.05) is 25.7 Å². The standard InChI is InChI=1S/C48H51NO11/c1-31-15-13-22-36(25-31)37-26-40(42(51)32(2)46(52)49-38(30-58-48(49)53)35-20-11-6-12-21-35)59-39(37)23-14-24-55-45-44(57-29-34-18-9-5-10-19-34)43(41(27-50)60-47(45)54-3)56-28-33-16-7-4-8-17-33/h4-13,15-22,25-26,32,38,41,43-45,47,50H,14,23-24,27-30H2,1-3H3/t32-,38+,41-,43-,44+,45+,47+/m1/s1. The Morgan fingerprint density at radius 3 is 2.10 bits per heavy atom. The minimum Gasteiger partial charge on any atom is -0.457 e. The highest BCUT2D eigenvalue weighted by molar-refractivity contribution is 6.12. The van der Waals surface area contributed by atoms with Gasteiger partial charge in [0.2, 0.25) is 11.7 Å². The molecule has 314 valence electrons. The first-order chi connectivity index (χ1) is 29.2. The van der Waals surface area contributed by atoms with Crippen molar-refractivity contribution >= 4 is 17.8 Å². The molecule has 2 aliphatic heterocycles. The molecule has 0 saturated carbocycles. The molecule has 60 heavy (non-hydrogen) atoms. The largest absolute Gasteiger partial charge is 0.457 e. The molecular weight excluding hydrogens is 767 g/mol. The minimum absolute atomic E-state index is 0.00136. The number of nitrogens with zero attached hydrogens (tertiary/aromatic N) is 1. The van der Waals surface area contributed by atoms with Crippen LogP contribution < -0.4 is 0 Å². The van der Waals surface area contributed by atoms with Gasteiger partial charge in [-0.25, -0.2) is 9.69 Å². The fourth-order valence-corrected chi connectivity index (χ4v) is 7.68. The zero-order valence-corrected chi connectivity index (χ0v) is 34.0. The van der Waals surface area contributed by atoms with Crippen LogP contribution in [0.3, 0.4) is 0 Å². The molecule has 1 aromatic heterocycles. The van der Waals surface area contributed by atoms with E-state index in [-0.39, 0.29) is 38.8 Å². The molecule has 5 aromatic rings. The normalized spacial score (nSPS) is 22.1. The molecule has 0 aliphatic carbocycles. The Bertz CT molecular complexity index is 2180. The number of carbonyl (C=O) groups excluding carboxylic acids is 3. The van der Waals surface area contributed by atoms with Crippen molar-refractivity contribution in [2.45, 2.75) is 76.7 Å². The van der Waals surface area contributed by atoms with Crippen molar-refractivity contribution in [3.05, 3.63) is 155 Å². The van der Waals surface area contributed by atoms with Crippen LogP contribution in [0.25, 0.3) is 11.1 Å². The molecule has 0 unspecified atom stereocenters. The van der Waals surface area contributed by atoms with E-state index in [1.165, 1.54) is 14.0 Å². The monoisotopic (exact) mass is 817 g/mol. The molecule has 3 heterocycles. The molecule has 0 radical (unpaired) electrons. The lowest BCUT2D eigenvalue weighted by molar-refractivity contribution is -0.319. The van der Waals surface area contributed by atoms with Crippen LogP contribution in [0.2, 0.25) is 0 Å². The van der Waals surface area contributed by atoms with Gasteiger partial charge in [-0.3, -0.25) is 9.59 Å². The van der Waals surface area contributed by atoms with Crippen molar-refractivity contribution in [2.24, 2.45) is 5.92 Å². The highest BCUT2D eigenvalue weighted by Gasteiger charge is 2.48. The van der Waals surface area contributed by atoms with E-state index in [4.69, 9.17) is 32.8 Å². The number of furan rings is 1. The maximum atomic E-state index is 14.0. The summed E-state index contributed by atoms with van der Waals surface area (Å²) in [6.07, 6.45) is -3.69. The van der Waals surface area contributed by atoms with Gasteiger partial charge in [-0.15, -0.1) is 0 Å². The van der Waals surface area contributed by atoms with E-state index in [0.717, 1.165) is 32.7 Å². The third kappa shape index (κ3) is 9.93. The number of ether oxygens (including phenoxy) is 6. The number of amides is 2. The smallest absolute Gasteiger partial charge is 0.417 e. The molecule has 7 rings (SSSR count). The zero-order valence-electron chi connectivity index (χ0n) is 34.0. The third-order valence-electron chi connectivity index (χ3n) is 10.9. The van der Waals surface area contributed by atoms with Crippen LogP contribution in [0.5, 0.6) is 0 Å². The number of hydrogen-bond acceptors (Lipinski definition) is 11. The van der Waals surface area contributed by atoms with Gasteiger partial charge in [0.1, 0.15) is 48.7 Å². The van der Waals surface area contributed by atoms with Crippen molar-refractivity contribution in [1.29, 1.82) is 0 Å². The number of aliphatic hydroxyl groups excluding tert-OH is 1. The summed E-state index contributed by atoms with van der Waals surface area (Å²) in [7, 11) is 1.52. The quantitative estimate of drug-likeness (QED) is 0.0530. The molecule has 1 N–H and O–H groups in total. The maximum absolute atomic E-state index is 14.0. The molecule has 12 heteroatoms. The molecular formula is C48H51NO11. The topological polar surface area (TPSA) is 143 Å². The van der Waals surface area contributed by atoms with E-state index in [1.807, 2.05) is 122 Å². The van der Waals surface area contributed by atoms with E-state index in [2.05, 4.69) is 0 Å². The summed E-state index contributed by atoms with van der Waals surface area (Å²) < 4.78 is 43.1. The molecule has 2 aliphatic rings. The van der Waals surface area contributed by atoms with E-state index in [1.54, 1.807) is 6.07 Å². The Kier molecular flexibility index (Phi) is 14.4. The van der Waals surface area contributed by atoms with Crippen LogP contribution >= 0.6 is 0 Å². The number of Topliss-reactive ketones (excluding diaryl/α,β-unsaturated/α-hetero) is 1. The number of methoxy groups -OCH3 is 1. The second kappa shape index (κ2) is 20.2. The maximum Gasteiger partial charge on any atom is 0.417 e. The molecule has 2 saturated heterocycles. The summed E-state index contributed by atoms with van der Waals surface area (Å²) >= 11 is 0. The second-order valence-corrected chi connectivity index (χ2v) is 15.0. The van der Waals surface area contributed by atoms with Crippen LogP contribution in [0, 0.1) is 12.8 Å². The summed E-state index contributed by atoms with van der Waals surface area (Å²) in [5, 5.41) is 10.4. The number of ketones is 1. The number of aryl methyl sites for hydroxylation is 2. The van der Waals surface area contributed by atoms with Gasteiger partial charge in [0.25, 0.3) is 0 Å². The Morgan fingerprint density at radius 2 is 1.47 bits per heavy atom. The van der Waals surface area contributed by atoms with Gasteiger partial charge in [-0.1, -0.05) is 121 Å². The molecule has 0 bridgehead atoms. The number of rotatable bonds is 18. The van der Waals surface area contributed by atoms with Crippen molar-refractivity contribution in [3.63, 3.8) is 0 Å². The predicted molar refractivity (Wildman–Crippen MR) is 221 cm³/mol. The fraction of sp³-hybridized carbons (Fsp3) is 0.354. The van der Waals surface area contributed by atoms with E-state index >= 15 is 0 Å². The van der Waals surface area contributed by atoms with Crippen molar-refractivity contribution in [3.8, 4) is 11.1 Å². The minimum atomic E-state index is -1.22. The van der Waals surface area contributed by atoms with Crippen LogP contribution in [-0.2, 0) is 52.9 Å². The number of benzene rings is 4. The van der Waals surface area contributed by atoms with Gasteiger partial charge in [0.15, 0.2) is 12.1 Å². The Hall–Kier alpha value is -5.47. The molecule has 0 spiro atoms. The van der Waals surface area contributed by atoms with E-state index in [9.17, 15) is 19.5 Å². The van der Waals surface area contributed by atoms with E-state index in [0.29, 0.717) is 24.2 Å². The van der Waals surface area contributed by atoms with Gasteiger partial charge in [-0.05, 0) is 48.6 Å². The average molecular weight is 818 g/mol. The van der Waals surface area contributed by atoms with Crippen molar-refractivity contribution in [1.82, 2.24) is 4.90 Å². The lowest BCUT2D eigenvalue weighted by Gasteiger charge is -2.45. The molecule has 7 atom stereocenters. The summed E-state index contributed by atoms with van der Waals surface area (Å²) in [5.41, 5.74) is 5.23. The molecule has 2 amide bonds. The Morgan fingerprint density at radius 1 is 0.817 bits per heavy atom. The predicted octanol–water partition coefficient (Wildman–Crippen LogP) is 7.65. The number of imide groups is 1. The lowest BCUT2D eigenvalue weighted by atomic mass is 9.97. The van der Waals surface area contributed by atoms with Crippen LogP contribution in [-0.4, -0.2) is 85.4 Å². The van der Waals surface area contributed by atoms with Crippen molar-refractivity contribution in [2.75, 3.05) is 26.9 Å². The van der Waals surface area contributed by atoms with E-state index < -0.39 is 60.4 Å². The third-order valence-corrected chi connectivity index (χ3v) is 10.9. The van der Waals surface area contributed by atoms with Crippen LogP contribution in [0.1, 0.15) is 58.0 Å². The van der Waals surface area contributed by atoms with Gasteiger partial charge in [-0.2, -0.15) is 0 Å². The summed E-state index contributed by atoms with van der Waals surface area (Å²) in [5.74, 6) is -1.89. The van der Waals surface area contributed by atoms with Crippen LogP contribution in [0.15, 0.2) is 126 Å². The number of aliphatic hydroxyl groups is 1. The van der Waals surface area contributed by atoms with Crippen LogP contribution in [0.4, 0.5) is 4.79 Å². The van der Waals surface area contributed by atoms with Gasteiger partial charge in [0.05, 0.1) is 19.8 Å². The number of carbonyl (C=O) groups is 3. The average Bonchev–Trinajstić information content (AvgIpc) is 3.90. The zero-order chi connectivity index (χ0) is 42.0. The molecule has 2 fully saturated rings. The first-order valence-corrected chi connectivity index (χ1v) is 20.3. The number of cyclic esters (lactones) is 1. The SMILES string of the molecule is CO[C@H]1O[C@H](CO)[C@@H](OCc2ccccc2)[C@H](OCc2ccccc2)[C@@H]1OCCCc1oc(C(=O)[C@@H](C)C(=O)N2C(=O)OC[C@H]2c2ccccc2)cc1-c1cccc(C)c1. The molecule has 4 aromatic carbocycles. The molecule has 12 nitrogen and oxygen atoms in total. The highest BCUT2D eigenvalue weighted by atomic mass is 16.7. The van der Waals surface area contributed by atoms with Gasteiger partial charge < -0.3 is 37.9 Å². The summed E-state index contributed by atoms with van der Waals surface area (Å²) in [6, 6.07) is 37.5. The number of hydrogen-bond donors (Lipinski definition) is 1. The highest BCUT2D eigenvalue weighted by Crippen LogP contribution is 2.34. The summed E-state index contributed by atoms with van der Waals surface area (Å²) in [6.45, 7) is 3.89. The Labute approximate surface area is 349 Å². The first kappa shape index (κ1) is 42.6. The first-order valence-electron chi connectivity index (χ1n) is 20.3. The van der Waals surface area contributed by atoms with Crippen molar-refractivity contribution < 1.29 is 52.3 Å². The second-order valence-electron chi connectivity index (χ2n) is 15.0. The van der Waals surface area contributed by atoms with Gasteiger partial charge >= 0.3 is 6.09 Å². The summed E-state index contributed by atoms with van der Waals surface area (Å²) in [4.78, 5) is 41.6. The lowest BCUT2D eigenvalue weighted by Crippen LogP contribution is -2.61.